The van der Waals surface area contributed by atoms with E-state index in [0.29, 0.717) is 37.0 Å². The molecule has 1 aliphatic heterocycles. The van der Waals surface area contributed by atoms with Crippen LogP contribution in [0.5, 0.6) is 0 Å². The van der Waals surface area contributed by atoms with Crippen molar-refractivity contribution in [1.82, 2.24) is 14.8 Å². The van der Waals surface area contributed by atoms with Gasteiger partial charge in [0, 0.05) is 44.2 Å². The first-order chi connectivity index (χ1) is 12.0. The van der Waals surface area contributed by atoms with Crippen molar-refractivity contribution in [2.75, 3.05) is 31.5 Å². The molecule has 2 amide bonds. The number of halogens is 1. The number of hydrogen-bond acceptors (Lipinski definition) is 5. The monoisotopic (exact) mass is 362 g/mol. The number of nitrogens with zero attached hydrogens (tertiary/aromatic N) is 3. The van der Waals surface area contributed by atoms with Crippen molar-refractivity contribution >= 4 is 34.0 Å². The average molecular weight is 362 g/mol. The van der Waals surface area contributed by atoms with Crippen molar-refractivity contribution in [3.8, 4) is 0 Å². The molecule has 8 heteroatoms. The number of rotatable bonds is 4. The number of piperazine rings is 1. The summed E-state index contributed by atoms with van der Waals surface area (Å²) < 4.78 is 12.9. The molecule has 1 saturated heterocycles. The summed E-state index contributed by atoms with van der Waals surface area (Å²) >= 11 is 1.40. The minimum atomic E-state index is -0.291. The number of nitrogens with one attached hydrogen (secondary N) is 1. The first-order valence-corrected chi connectivity index (χ1v) is 8.89. The summed E-state index contributed by atoms with van der Waals surface area (Å²) in [6.45, 7) is 3.82. The van der Waals surface area contributed by atoms with Crippen LogP contribution in [-0.2, 0) is 16.0 Å². The smallest absolute Gasteiger partial charge is 0.228 e. The van der Waals surface area contributed by atoms with Crippen LogP contribution in [0.4, 0.5) is 15.2 Å². The van der Waals surface area contributed by atoms with Gasteiger partial charge in [-0.15, -0.1) is 11.3 Å². The van der Waals surface area contributed by atoms with E-state index in [1.54, 1.807) is 28.9 Å². The first-order valence-electron chi connectivity index (χ1n) is 8.01. The molecule has 0 spiro atoms. The van der Waals surface area contributed by atoms with E-state index >= 15 is 0 Å². The number of aromatic nitrogens is 1. The molecule has 2 aromatic rings. The van der Waals surface area contributed by atoms with E-state index in [2.05, 4.69) is 10.3 Å². The van der Waals surface area contributed by atoms with Crippen LogP contribution in [-0.4, -0.2) is 52.8 Å². The lowest BCUT2D eigenvalue weighted by Crippen LogP contribution is -2.50. The summed E-state index contributed by atoms with van der Waals surface area (Å²) in [6.07, 6.45) is 0.238. The van der Waals surface area contributed by atoms with Crippen molar-refractivity contribution < 1.29 is 14.0 Å². The summed E-state index contributed by atoms with van der Waals surface area (Å²) in [5.74, 6) is -0.231. The van der Waals surface area contributed by atoms with Gasteiger partial charge in [0.25, 0.3) is 0 Å². The molecule has 25 heavy (non-hydrogen) atoms. The second kappa shape index (κ2) is 7.60. The van der Waals surface area contributed by atoms with E-state index in [1.165, 1.54) is 23.5 Å². The van der Waals surface area contributed by atoms with E-state index in [9.17, 15) is 14.0 Å². The fraction of sp³-hybridized carbons (Fsp3) is 0.353. The quantitative estimate of drug-likeness (QED) is 0.906. The third-order valence-electron chi connectivity index (χ3n) is 4.06. The third-order valence-corrected chi connectivity index (χ3v) is 4.86. The topological polar surface area (TPSA) is 65.5 Å². The highest BCUT2D eigenvalue weighted by Crippen LogP contribution is 2.21. The summed E-state index contributed by atoms with van der Waals surface area (Å²) in [7, 11) is 0. The highest BCUT2D eigenvalue weighted by Gasteiger charge is 2.22. The standard InChI is InChI=1S/C17H19FN4O2S/c1-12(23)21-6-8-22(9-7-21)16(24)10-15-11-25-17(20-15)19-14-4-2-13(18)3-5-14/h2-5,11H,6-10H2,1H3,(H,19,20). The Labute approximate surface area is 149 Å². The van der Waals surface area contributed by atoms with Gasteiger partial charge in [0.15, 0.2) is 5.13 Å². The lowest BCUT2D eigenvalue weighted by molar-refractivity contribution is -0.138. The molecular formula is C17H19FN4O2S. The predicted octanol–water partition coefficient (Wildman–Crippen LogP) is 2.26. The zero-order chi connectivity index (χ0) is 17.8. The van der Waals surface area contributed by atoms with Crippen molar-refractivity contribution in [2.45, 2.75) is 13.3 Å². The Hall–Kier alpha value is -2.48. The Balaban J connectivity index is 1.53. The average Bonchev–Trinajstić information content (AvgIpc) is 3.04. The van der Waals surface area contributed by atoms with Crippen molar-refractivity contribution in [1.29, 1.82) is 0 Å². The molecule has 1 aromatic heterocycles. The third kappa shape index (κ3) is 4.54. The number of carbonyl (C=O) groups excluding carboxylic acids is 2. The van der Waals surface area contributed by atoms with Crippen LogP contribution in [0.25, 0.3) is 0 Å². The molecule has 3 rings (SSSR count). The van der Waals surface area contributed by atoms with Crippen LogP contribution in [0.15, 0.2) is 29.6 Å². The Kier molecular flexibility index (Phi) is 5.28. The van der Waals surface area contributed by atoms with Gasteiger partial charge in [-0.1, -0.05) is 0 Å². The highest BCUT2D eigenvalue weighted by molar-refractivity contribution is 7.13. The van der Waals surface area contributed by atoms with Gasteiger partial charge in [0.05, 0.1) is 12.1 Å². The zero-order valence-electron chi connectivity index (χ0n) is 13.9. The number of anilines is 2. The molecule has 1 aromatic carbocycles. The molecular weight excluding hydrogens is 343 g/mol. The highest BCUT2D eigenvalue weighted by atomic mass is 32.1. The maximum atomic E-state index is 12.9. The molecule has 1 aliphatic rings. The van der Waals surface area contributed by atoms with E-state index in [0.717, 1.165) is 5.69 Å². The van der Waals surface area contributed by atoms with Gasteiger partial charge in [-0.3, -0.25) is 9.59 Å². The number of thiazole rings is 1. The van der Waals surface area contributed by atoms with E-state index < -0.39 is 0 Å². The maximum Gasteiger partial charge on any atom is 0.228 e. The number of amides is 2. The number of hydrogen-bond donors (Lipinski definition) is 1. The normalized spacial score (nSPS) is 14.5. The van der Waals surface area contributed by atoms with Crippen molar-refractivity contribution in [3.63, 3.8) is 0 Å². The summed E-state index contributed by atoms with van der Waals surface area (Å²) in [4.78, 5) is 31.6. The Morgan fingerprint density at radius 2 is 1.80 bits per heavy atom. The van der Waals surface area contributed by atoms with Crippen LogP contribution >= 0.6 is 11.3 Å². The van der Waals surface area contributed by atoms with Gasteiger partial charge < -0.3 is 15.1 Å². The SMILES string of the molecule is CC(=O)N1CCN(C(=O)Cc2csc(Nc3ccc(F)cc3)n2)CC1. The van der Waals surface area contributed by atoms with Crippen LogP contribution in [0, 0.1) is 5.82 Å². The summed E-state index contributed by atoms with van der Waals surface area (Å²) in [5, 5.41) is 5.60. The second-order valence-corrected chi connectivity index (χ2v) is 6.70. The molecule has 0 bridgehead atoms. The number of carbonyl (C=O) groups is 2. The lowest BCUT2D eigenvalue weighted by Gasteiger charge is -2.34. The van der Waals surface area contributed by atoms with E-state index in [4.69, 9.17) is 0 Å². The predicted molar refractivity (Wildman–Crippen MR) is 94.3 cm³/mol. The summed E-state index contributed by atoms with van der Waals surface area (Å²) in [6, 6.07) is 6.02. The lowest BCUT2D eigenvalue weighted by atomic mass is 10.2. The fourth-order valence-electron chi connectivity index (χ4n) is 2.64. The van der Waals surface area contributed by atoms with Gasteiger partial charge in [-0.25, -0.2) is 9.37 Å². The minimum Gasteiger partial charge on any atom is -0.339 e. The van der Waals surface area contributed by atoms with Gasteiger partial charge in [-0.05, 0) is 24.3 Å². The van der Waals surface area contributed by atoms with Crippen molar-refractivity contribution in [3.05, 3.63) is 41.2 Å². The van der Waals surface area contributed by atoms with Gasteiger partial charge >= 0.3 is 0 Å². The van der Waals surface area contributed by atoms with Crippen molar-refractivity contribution in [2.24, 2.45) is 0 Å². The van der Waals surface area contributed by atoms with Crippen LogP contribution in [0.1, 0.15) is 12.6 Å². The fourth-order valence-corrected chi connectivity index (χ4v) is 3.37. The number of benzene rings is 1. The van der Waals surface area contributed by atoms with Gasteiger partial charge in [0.1, 0.15) is 5.82 Å². The van der Waals surface area contributed by atoms with E-state index in [-0.39, 0.29) is 24.1 Å². The maximum absolute atomic E-state index is 12.9. The molecule has 1 N–H and O–H groups in total. The Morgan fingerprint density at radius 1 is 1.16 bits per heavy atom. The molecule has 2 heterocycles. The molecule has 132 valence electrons. The zero-order valence-corrected chi connectivity index (χ0v) is 14.7. The van der Waals surface area contributed by atoms with Crippen LogP contribution in [0.2, 0.25) is 0 Å². The van der Waals surface area contributed by atoms with Gasteiger partial charge in [-0.2, -0.15) is 0 Å². The summed E-state index contributed by atoms with van der Waals surface area (Å²) in [5.41, 5.74) is 1.45. The largest absolute Gasteiger partial charge is 0.339 e. The van der Waals surface area contributed by atoms with E-state index in [1.807, 2.05) is 5.38 Å². The molecule has 0 saturated carbocycles. The van der Waals surface area contributed by atoms with Gasteiger partial charge in [0.2, 0.25) is 11.8 Å². The first kappa shape index (κ1) is 17.3. The Morgan fingerprint density at radius 3 is 2.44 bits per heavy atom. The minimum absolute atomic E-state index is 0.0156. The molecule has 0 unspecified atom stereocenters. The Bertz CT molecular complexity index is 754. The second-order valence-electron chi connectivity index (χ2n) is 5.84. The molecule has 0 aliphatic carbocycles. The molecule has 0 atom stereocenters. The molecule has 1 fully saturated rings. The van der Waals surface area contributed by atoms with Crippen LogP contribution < -0.4 is 5.32 Å². The van der Waals surface area contributed by atoms with Crippen LogP contribution in [0.3, 0.4) is 0 Å². The molecule has 0 radical (unpaired) electrons. The molecule has 6 nitrogen and oxygen atoms in total.